The molecule has 0 spiro atoms. The molecule has 0 aliphatic carbocycles. The van der Waals surface area contributed by atoms with Crippen LogP contribution in [-0.2, 0) is 43.3 Å². The molecule has 0 aromatic heterocycles. The van der Waals surface area contributed by atoms with Gasteiger partial charge in [0.1, 0.15) is 24.4 Å². The zero-order valence-electron chi connectivity index (χ0n) is 28.2. The van der Waals surface area contributed by atoms with E-state index in [0.717, 1.165) is 16.7 Å². The fourth-order valence-electron chi connectivity index (χ4n) is 5.05. The number of nitrogens with one attached hydrogen (secondary N) is 4. The van der Waals surface area contributed by atoms with E-state index in [1.165, 1.54) is 7.11 Å². The summed E-state index contributed by atoms with van der Waals surface area (Å²) in [7, 11) is 2.84. The average molecular weight is 661 g/mol. The molecule has 258 valence electrons. The Morgan fingerprint density at radius 2 is 1.33 bits per heavy atom. The van der Waals surface area contributed by atoms with Crippen LogP contribution in [0.5, 0.6) is 5.75 Å². The van der Waals surface area contributed by atoms with E-state index in [1.807, 2.05) is 86.6 Å². The lowest BCUT2D eigenvalue weighted by molar-refractivity contribution is -0.144. The minimum absolute atomic E-state index is 0.0809. The molecular formula is C37H48N4O7. The number of alkyl carbamates (subject to hydrolysis) is 1. The first-order valence-corrected chi connectivity index (χ1v) is 16.2. The highest BCUT2D eigenvalue weighted by atomic mass is 16.5. The number of carbonyl (C=O) groups excluding carboxylic acids is 4. The number of hydrogen-bond acceptors (Lipinski definition) is 8. The van der Waals surface area contributed by atoms with E-state index < -0.39 is 36.1 Å². The maximum Gasteiger partial charge on any atom is 0.407 e. The van der Waals surface area contributed by atoms with Crippen molar-refractivity contribution >= 4 is 23.9 Å². The fraction of sp³-hybridized carbons (Fsp3) is 0.405. The van der Waals surface area contributed by atoms with Crippen molar-refractivity contribution in [1.29, 1.82) is 0 Å². The number of rotatable bonds is 19. The van der Waals surface area contributed by atoms with Gasteiger partial charge in [0.15, 0.2) is 0 Å². The number of ether oxygens (including phenoxy) is 3. The molecule has 11 nitrogen and oxygen atoms in total. The molecule has 3 rings (SSSR count). The van der Waals surface area contributed by atoms with Gasteiger partial charge in [0.25, 0.3) is 0 Å². The van der Waals surface area contributed by atoms with Crippen LogP contribution in [0.3, 0.4) is 0 Å². The molecule has 0 saturated heterocycles. The largest absolute Gasteiger partial charge is 0.497 e. The van der Waals surface area contributed by atoms with Crippen molar-refractivity contribution < 1.29 is 33.4 Å². The summed E-state index contributed by atoms with van der Waals surface area (Å²) in [5.41, 5.74) is 2.77. The Balaban J connectivity index is 1.67. The van der Waals surface area contributed by atoms with Gasteiger partial charge in [-0.2, -0.15) is 0 Å². The second-order valence-corrected chi connectivity index (χ2v) is 11.8. The van der Waals surface area contributed by atoms with E-state index in [1.54, 1.807) is 19.2 Å². The van der Waals surface area contributed by atoms with Crippen LogP contribution in [0, 0.1) is 5.92 Å². The van der Waals surface area contributed by atoms with Gasteiger partial charge in [-0.3, -0.25) is 19.7 Å². The number of amides is 3. The summed E-state index contributed by atoms with van der Waals surface area (Å²) in [4.78, 5) is 52.3. The van der Waals surface area contributed by atoms with Crippen LogP contribution in [0.4, 0.5) is 4.79 Å². The topological polar surface area (TPSA) is 144 Å². The third-order valence-corrected chi connectivity index (χ3v) is 7.61. The summed E-state index contributed by atoms with van der Waals surface area (Å²) in [6.07, 6.45) is 0.790. The lowest BCUT2D eigenvalue weighted by Crippen LogP contribution is -2.57. The minimum Gasteiger partial charge on any atom is -0.497 e. The zero-order chi connectivity index (χ0) is 34.7. The van der Waals surface area contributed by atoms with Crippen LogP contribution >= 0.6 is 0 Å². The van der Waals surface area contributed by atoms with Gasteiger partial charge in [0.2, 0.25) is 11.8 Å². The van der Waals surface area contributed by atoms with Crippen molar-refractivity contribution in [3.63, 3.8) is 0 Å². The highest BCUT2D eigenvalue weighted by molar-refractivity contribution is 5.90. The van der Waals surface area contributed by atoms with Gasteiger partial charge < -0.3 is 30.2 Å². The van der Waals surface area contributed by atoms with E-state index in [-0.39, 0.29) is 37.8 Å². The molecule has 3 amide bonds. The third-order valence-electron chi connectivity index (χ3n) is 7.61. The molecule has 0 aliphatic heterocycles. The van der Waals surface area contributed by atoms with Gasteiger partial charge in [0.05, 0.1) is 20.3 Å². The highest BCUT2D eigenvalue weighted by Gasteiger charge is 2.30. The first-order chi connectivity index (χ1) is 23.2. The van der Waals surface area contributed by atoms with Crippen molar-refractivity contribution in [2.45, 2.75) is 64.3 Å². The lowest BCUT2D eigenvalue weighted by atomic mass is 9.99. The summed E-state index contributed by atoms with van der Waals surface area (Å²) < 4.78 is 15.5. The summed E-state index contributed by atoms with van der Waals surface area (Å²) in [6.45, 7) is 4.53. The number of hydrogen-bond donors (Lipinski definition) is 4. The SMILES string of the molecule is COC(=O)[C@@H](CCNC(=O)OCc1ccccc1)N[C@@H](CC(C)C)C(=O)N[C@@H](Cc1ccc(OC)cc1)C(=O)NCCc1ccccc1. The quantitative estimate of drug-likeness (QED) is 0.142. The Hall–Kier alpha value is -4.90. The molecule has 3 aromatic carbocycles. The molecule has 0 radical (unpaired) electrons. The van der Waals surface area contributed by atoms with Crippen molar-refractivity contribution in [2.75, 3.05) is 27.3 Å². The molecule has 3 aromatic rings. The molecule has 0 aliphatic rings. The van der Waals surface area contributed by atoms with Gasteiger partial charge in [-0.1, -0.05) is 86.6 Å². The highest BCUT2D eigenvalue weighted by Crippen LogP contribution is 2.14. The number of carbonyl (C=O) groups is 4. The summed E-state index contributed by atoms with van der Waals surface area (Å²) in [6, 6.07) is 23.8. The van der Waals surface area contributed by atoms with Gasteiger partial charge in [-0.15, -0.1) is 0 Å². The summed E-state index contributed by atoms with van der Waals surface area (Å²) in [5, 5.41) is 11.7. The molecule has 0 saturated carbocycles. The van der Waals surface area contributed by atoms with Crippen molar-refractivity contribution in [1.82, 2.24) is 21.3 Å². The maximum atomic E-state index is 13.8. The second kappa shape index (κ2) is 20.4. The summed E-state index contributed by atoms with van der Waals surface area (Å²) >= 11 is 0. The van der Waals surface area contributed by atoms with Gasteiger partial charge in [-0.25, -0.2) is 4.79 Å². The van der Waals surface area contributed by atoms with Crippen LogP contribution in [0.25, 0.3) is 0 Å². The van der Waals surface area contributed by atoms with E-state index in [0.29, 0.717) is 25.1 Å². The van der Waals surface area contributed by atoms with Crippen molar-refractivity contribution in [3.05, 3.63) is 102 Å². The molecule has 0 heterocycles. The number of benzene rings is 3. The lowest BCUT2D eigenvalue weighted by Gasteiger charge is -2.27. The molecule has 0 fully saturated rings. The molecule has 3 atom stereocenters. The molecule has 0 bridgehead atoms. The van der Waals surface area contributed by atoms with E-state index >= 15 is 0 Å². The van der Waals surface area contributed by atoms with Gasteiger partial charge in [-0.05, 0) is 54.0 Å². The monoisotopic (exact) mass is 660 g/mol. The standard InChI is InChI=1S/C37H48N4O7/c1-26(2)23-32(40-31(36(44)47-4)20-22-39-37(45)48-25-29-13-9-6-10-14-29)35(43)41-33(24-28-15-17-30(46-3)18-16-28)34(42)38-21-19-27-11-7-5-8-12-27/h5-18,26,31-33,40H,19-25H2,1-4H3,(H,38,42)(H,39,45)(H,41,43)/t31-,32+,33+/m1/s1. The Labute approximate surface area is 283 Å². The minimum atomic E-state index is -0.904. The molecule has 4 N–H and O–H groups in total. The smallest absolute Gasteiger partial charge is 0.407 e. The Morgan fingerprint density at radius 1 is 0.688 bits per heavy atom. The van der Waals surface area contributed by atoms with Gasteiger partial charge in [0, 0.05) is 19.5 Å². The van der Waals surface area contributed by atoms with E-state index in [9.17, 15) is 19.2 Å². The molecule has 48 heavy (non-hydrogen) atoms. The van der Waals surface area contributed by atoms with Crippen LogP contribution < -0.4 is 26.0 Å². The predicted molar refractivity (Wildman–Crippen MR) is 183 cm³/mol. The van der Waals surface area contributed by atoms with Crippen LogP contribution in [-0.4, -0.2) is 69.3 Å². The summed E-state index contributed by atoms with van der Waals surface area (Å²) in [5.74, 6) is -0.562. The zero-order valence-corrected chi connectivity index (χ0v) is 28.2. The first kappa shape index (κ1) is 37.6. The van der Waals surface area contributed by atoms with Crippen molar-refractivity contribution in [3.8, 4) is 5.75 Å². The van der Waals surface area contributed by atoms with Crippen LogP contribution in [0.2, 0.25) is 0 Å². The van der Waals surface area contributed by atoms with Crippen molar-refractivity contribution in [2.24, 2.45) is 5.92 Å². The third kappa shape index (κ3) is 13.4. The van der Waals surface area contributed by atoms with E-state index in [2.05, 4.69) is 21.3 Å². The van der Waals surface area contributed by atoms with Gasteiger partial charge >= 0.3 is 12.1 Å². The van der Waals surface area contributed by atoms with Crippen LogP contribution in [0.1, 0.15) is 43.4 Å². The van der Waals surface area contributed by atoms with E-state index in [4.69, 9.17) is 14.2 Å². The Morgan fingerprint density at radius 3 is 1.94 bits per heavy atom. The second-order valence-electron chi connectivity index (χ2n) is 11.8. The molecular weight excluding hydrogens is 612 g/mol. The Bertz CT molecular complexity index is 1420. The number of methoxy groups -OCH3 is 2. The molecule has 0 unspecified atom stereocenters. The number of esters is 1. The molecule has 11 heteroatoms. The average Bonchev–Trinajstić information content (AvgIpc) is 3.10. The first-order valence-electron chi connectivity index (χ1n) is 16.2. The normalized spacial score (nSPS) is 12.7. The predicted octanol–water partition coefficient (Wildman–Crippen LogP) is 3.94. The fourth-order valence-corrected chi connectivity index (χ4v) is 5.05. The maximum absolute atomic E-state index is 13.8. The Kier molecular flexibility index (Phi) is 15.9. The van der Waals surface area contributed by atoms with Crippen LogP contribution in [0.15, 0.2) is 84.9 Å².